The second-order valence-electron chi connectivity index (χ2n) is 7.57. The molecule has 1 aliphatic heterocycles. The summed E-state index contributed by atoms with van der Waals surface area (Å²) in [5, 5.41) is 1.04. The first-order chi connectivity index (χ1) is 13.6. The third-order valence-corrected chi connectivity index (χ3v) is 6.11. The molecule has 2 aromatic carbocycles. The SMILES string of the molecule is CCN1CCCC1Cn1c(C)c(C(=O)c2ccc(OC)cc2)c2ccccc21. The molecular weight excluding hydrogens is 348 g/mol. The van der Waals surface area contributed by atoms with E-state index >= 15 is 0 Å². The van der Waals surface area contributed by atoms with E-state index < -0.39 is 0 Å². The number of hydrogen-bond acceptors (Lipinski definition) is 3. The molecule has 4 heteroatoms. The summed E-state index contributed by atoms with van der Waals surface area (Å²) in [5.74, 6) is 0.838. The van der Waals surface area contributed by atoms with Gasteiger partial charge in [-0.3, -0.25) is 9.69 Å². The molecule has 3 aromatic rings. The Kier molecular flexibility index (Phi) is 5.23. The van der Waals surface area contributed by atoms with Crippen molar-refractivity contribution in [1.29, 1.82) is 0 Å². The van der Waals surface area contributed by atoms with Crippen molar-refractivity contribution < 1.29 is 9.53 Å². The number of benzene rings is 2. The molecule has 1 fully saturated rings. The van der Waals surface area contributed by atoms with Crippen molar-refractivity contribution in [3.63, 3.8) is 0 Å². The molecule has 0 bridgehead atoms. The molecule has 1 saturated heterocycles. The van der Waals surface area contributed by atoms with Crippen LogP contribution in [0, 0.1) is 6.92 Å². The van der Waals surface area contributed by atoms with Crippen LogP contribution in [0.2, 0.25) is 0 Å². The van der Waals surface area contributed by atoms with Crippen LogP contribution < -0.4 is 4.74 Å². The van der Waals surface area contributed by atoms with Crippen LogP contribution in [0.1, 0.15) is 41.4 Å². The van der Waals surface area contributed by atoms with Gasteiger partial charge in [0.05, 0.1) is 12.7 Å². The number of fused-ring (bicyclic) bond motifs is 1. The van der Waals surface area contributed by atoms with Crippen molar-refractivity contribution in [1.82, 2.24) is 9.47 Å². The number of likely N-dealkylation sites (N-methyl/N-ethyl adjacent to an activating group) is 1. The summed E-state index contributed by atoms with van der Waals surface area (Å²) in [6.07, 6.45) is 2.48. The number of methoxy groups -OCH3 is 1. The lowest BCUT2D eigenvalue weighted by atomic mass is 10.0. The van der Waals surface area contributed by atoms with E-state index in [1.54, 1.807) is 7.11 Å². The van der Waals surface area contributed by atoms with Crippen LogP contribution in [0.4, 0.5) is 0 Å². The second kappa shape index (κ2) is 7.80. The molecule has 1 aromatic heterocycles. The predicted octanol–water partition coefficient (Wildman–Crippen LogP) is 4.67. The van der Waals surface area contributed by atoms with Crippen LogP contribution in [0.5, 0.6) is 5.75 Å². The normalized spacial score (nSPS) is 17.3. The van der Waals surface area contributed by atoms with Crippen LogP contribution in [-0.2, 0) is 6.54 Å². The highest BCUT2D eigenvalue weighted by Crippen LogP contribution is 2.30. The number of nitrogens with zero attached hydrogens (tertiary/aromatic N) is 2. The Bertz CT molecular complexity index is 988. The molecule has 0 N–H and O–H groups in total. The number of likely N-dealkylation sites (tertiary alicyclic amines) is 1. The molecule has 0 amide bonds. The maximum atomic E-state index is 13.4. The molecule has 146 valence electrons. The highest BCUT2D eigenvalue weighted by Gasteiger charge is 2.27. The van der Waals surface area contributed by atoms with Gasteiger partial charge in [-0.2, -0.15) is 0 Å². The quantitative estimate of drug-likeness (QED) is 0.586. The first-order valence-corrected chi connectivity index (χ1v) is 10.1. The third kappa shape index (κ3) is 3.22. The van der Waals surface area contributed by atoms with Gasteiger partial charge in [-0.05, 0) is 63.2 Å². The number of para-hydroxylation sites is 1. The monoisotopic (exact) mass is 376 g/mol. The maximum Gasteiger partial charge on any atom is 0.195 e. The van der Waals surface area contributed by atoms with E-state index in [1.807, 2.05) is 30.3 Å². The average Bonchev–Trinajstić information content (AvgIpc) is 3.30. The minimum atomic E-state index is 0.0777. The van der Waals surface area contributed by atoms with E-state index in [9.17, 15) is 4.79 Å². The van der Waals surface area contributed by atoms with Crippen LogP contribution in [0.15, 0.2) is 48.5 Å². The lowest BCUT2D eigenvalue weighted by Crippen LogP contribution is -2.33. The first kappa shape index (κ1) is 18.8. The van der Waals surface area contributed by atoms with E-state index in [0.29, 0.717) is 11.6 Å². The summed E-state index contributed by atoms with van der Waals surface area (Å²) >= 11 is 0. The minimum absolute atomic E-state index is 0.0777. The molecule has 2 heterocycles. The zero-order chi connectivity index (χ0) is 19.7. The number of carbonyl (C=O) groups is 1. The van der Waals surface area contributed by atoms with E-state index in [-0.39, 0.29) is 5.78 Å². The fraction of sp³-hybridized carbons (Fsp3) is 0.375. The number of ketones is 1. The first-order valence-electron chi connectivity index (χ1n) is 10.1. The number of aromatic nitrogens is 1. The van der Waals surface area contributed by atoms with Gasteiger partial charge < -0.3 is 9.30 Å². The lowest BCUT2D eigenvalue weighted by Gasteiger charge is -2.24. The van der Waals surface area contributed by atoms with Crippen molar-refractivity contribution in [3.05, 3.63) is 65.4 Å². The molecular formula is C24H28N2O2. The van der Waals surface area contributed by atoms with E-state index in [1.165, 1.54) is 19.4 Å². The molecule has 4 nitrogen and oxygen atoms in total. The topological polar surface area (TPSA) is 34.5 Å². The highest BCUT2D eigenvalue weighted by atomic mass is 16.5. The zero-order valence-corrected chi connectivity index (χ0v) is 16.9. The zero-order valence-electron chi connectivity index (χ0n) is 16.9. The van der Waals surface area contributed by atoms with E-state index in [4.69, 9.17) is 4.74 Å². The van der Waals surface area contributed by atoms with Crippen LogP contribution >= 0.6 is 0 Å². The Hall–Kier alpha value is -2.59. The van der Waals surface area contributed by atoms with E-state index in [0.717, 1.165) is 41.0 Å². The van der Waals surface area contributed by atoms with Gasteiger partial charge >= 0.3 is 0 Å². The molecule has 0 radical (unpaired) electrons. The molecule has 0 saturated carbocycles. The summed E-state index contributed by atoms with van der Waals surface area (Å²) in [6.45, 7) is 7.52. The number of ether oxygens (including phenoxy) is 1. The summed E-state index contributed by atoms with van der Waals surface area (Å²) in [4.78, 5) is 15.9. The van der Waals surface area contributed by atoms with Gasteiger partial charge in [0, 0.05) is 34.7 Å². The Balaban J connectivity index is 1.76. The molecule has 0 aliphatic carbocycles. The second-order valence-corrected chi connectivity index (χ2v) is 7.57. The van der Waals surface area contributed by atoms with Crippen molar-refractivity contribution in [2.75, 3.05) is 20.2 Å². The van der Waals surface area contributed by atoms with Gasteiger partial charge in [0.15, 0.2) is 5.78 Å². The molecule has 1 aliphatic rings. The van der Waals surface area contributed by atoms with Gasteiger partial charge in [0.1, 0.15) is 5.75 Å². The van der Waals surface area contributed by atoms with E-state index in [2.05, 4.69) is 41.5 Å². The average molecular weight is 377 g/mol. The molecule has 1 atom stereocenters. The molecule has 0 spiro atoms. The fourth-order valence-corrected chi connectivity index (χ4v) is 4.57. The van der Waals surface area contributed by atoms with Crippen molar-refractivity contribution >= 4 is 16.7 Å². The highest BCUT2D eigenvalue weighted by molar-refractivity contribution is 6.17. The van der Waals surface area contributed by atoms with Gasteiger partial charge in [-0.1, -0.05) is 25.1 Å². The van der Waals surface area contributed by atoms with Gasteiger partial charge in [0.25, 0.3) is 0 Å². The Morgan fingerprint density at radius 3 is 2.61 bits per heavy atom. The number of rotatable bonds is 6. The molecule has 4 rings (SSSR count). The number of carbonyl (C=O) groups excluding carboxylic acids is 1. The fourth-order valence-electron chi connectivity index (χ4n) is 4.57. The third-order valence-electron chi connectivity index (χ3n) is 6.11. The Morgan fingerprint density at radius 1 is 1.14 bits per heavy atom. The largest absolute Gasteiger partial charge is 0.497 e. The van der Waals surface area contributed by atoms with Crippen molar-refractivity contribution in [2.45, 2.75) is 39.3 Å². The molecule has 28 heavy (non-hydrogen) atoms. The maximum absolute atomic E-state index is 13.4. The van der Waals surface area contributed by atoms with Gasteiger partial charge in [-0.25, -0.2) is 0 Å². The Labute approximate surface area is 166 Å². The summed E-state index contributed by atoms with van der Waals surface area (Å²) < 4.78 is 7.58. The predicted molar refractivity (Wildman–Crippen MR) is 113 cm³/mol. The van der Waals surface area contributed by atoms with Gasteiger partial charge in [-0.15, -0.1) is 0 Å². The van der Waals surface area contributed by atoms with Crippen molar-refractivity contribution in [3.8, 4) is 5.75 Å². The summed E-state index contributed by atoms with van der Waals surface area (Å²) in [6, 6.07) is 16.2. The smallest absolute Gasteiger partial charge is 0.195 e. The van der Waals surface area contributed by atoms with Gasteiger partial charge in [0.2, 0.25) is 0 Å². The van der Waals surface area contributed by atoms with Crippen LogP contribution in [0.3, 0.4) is 0 Å². The summed E-state index contributed by atoms with van der Waals surface area (Å²) in [5.41, 5.74) is 3.73. The standard InChI is InChI=1S/C24H28N2O2/c1-4-25-15-7-8-19(25)16-26-17(2)23(21-9-5-6-10-22(21)26)24(27)18-11-13-20(28-3)14-12-18/h5-6,9-14,19H,4,7-8,15-16H2,1-3H3. The molecule has 1 unspecified atom stereocenters. The van der Waals surface area contributed by atoms with Crippen LogP contribution in [-0.4, -0.2) is 41.5 Å². The van der Waals surface area contributed by atoms with Crippen LogP contribution in [0.25, 0.3) is 10.9 Å². The minimum Gasteiger partial charge on any atom is -0.497 e. The number of hydrogen-bond donors (Lipinski definition) is 0. The lowest BCUT2D eigenvalue weighted by molar-refractivity contribution is 0.103. The van der Waals surface area contributed by atoms with Crippen molar-refractivity contribution in [2.24, 2.45) is 0 Å². The summed E-state index contributed by atoms with van der Waals surface area (Å²) in [7, 11) is 1.64. The Morgan fingerprint density at radius 2 is 1.89 bits per heavy atom.